The normalized spacial score (nSPS) is 14.7. The Morgan fingerprint density at radius 1 is 1.10 bits per heavy atom. The molecule has 1 fully saturated rings. The molecule has 0 radical (unpaired) electrons. The number of aromatic amines is 1. The van der Waals surface area contributed by atoms with E-state index in [9.17, 15) is 4.79 Å². The summed E-state index contributed by atoms with van der Waals surface area (Å²) in [6, 6.07) is 15.8. The van der Waals surface area contributed by atoms with Gasteiger partial charge in [0.05, 0.1) is 0 Å². The minimum absolute atomic E-state index is 0.199. The summed E-state index contributed by atoms with van der Waals surface area (Å²) >= 11 is 5.38. The van der Waals surface area contributed by atoms with Gasteiger partial charge in [0.25, 0.3) is 5.91 Å². The minimum Gasteiger partial charge on any atom is -0.369 e. The van der Waals surface area contributed by atoms with Crippen molar-refractivity contribution < 1.29 is 4.79 Å². The first-order valence-electron chi connectivity index (χ1n) is 10.3. The molecule has 0 atom stereocenters. The second kappa shape index (κ2) is 8.85. The predicted octanol–water partition coefficient (Wildman–Crippen LogP) is 4.24. The van der Waals surface area contributed by atoms with E-state index in [1.807, 2.05) is 42.5 Å². The second-order valence-corrected chi connectivity index (χ2v) is 7.91. The van der Waals surface area contributed by atoms with Crippen LogP contribution in [-0.4, -0.2) is 53.1 Å². The number of anilines is 2. The molecule has 3 aromatic rings. The molecule has 6 nitrogen and oxygen atoms in total. The molecule has 1 aliphatic heterocycles. The number of aryl methyl sites for hydroxylation is 1. The van der Waals surface area contributed by atoms with Gasteiger partial charge in [-0.05, 0) is 61.6 Å². The van der Waals surface area contributed by atoms with Gasteiger partial charge in [0.15, 0.2) is 4.77 Å². The zero-order valence-corrected chi connectivity index (χ0v) is 18.2. The van der Waals surface area contributed by atoms with Gasteiger partial charge in [0, 0.05) is 49.4 Å². The highest BCUT2D eigenvalue weighted by molar-refractivity contribution is 7.71. The predicted molar refractivity (Wildman–Crippen MR) is 124 cm³/mol. The maximum atomic E-state index is 13.0. The lowest BCUT2D eigenvalue weighted by atomic mass is 10.1. The zero-order valence-electron chi connectivity index (χ0n) is 17.4. The number of para-hydroxylation sites is 1. The van der Waals surface area contributed by atoms with E-state index in [4.69, 9.17) is 12.2 Å². The number of imidazole rings is 1. The van der Waals surface area contributed by atoms with Crippen LogP contribution in [-0.2, 0) is 0 Å². The number of H-pyrrole nitrogens is 1. The fourth-order valence-electron chi connectivity index (χ4n) is 3.96. The number of nitrogens with one attached hydrogen (secondary N) is 2. The summed E-state index contributed by atoms with van der Waals surface area (Å²) in [7, 11) is 0. The molecule has 0 saturated carbocycles. The summed E-state index contributed by atoms with van der Waals surface area (Å²) < 4.78 is 2.24. The molecule has 2 N–H and O–H groups in total. The van der Waals surface area contributed by atoms with Crippen LogP contribution in [0.4, 0.5) is 11.4 Å². The number of carbonyl (C=O) groups excluding carboxylic acids is 1. The highest BCUT2D eigenvalue weighted by Crippen LogP contribution is 2.25. The highest BCUT2D eigenvalue weighted by atomic mass is 32.1. The molecule has 0 aliphatic carbocycles. The standard InChI is InChI=1S/C23H27N5OS/c1-3-26-11-13-27(14-12-26)20-10-9-18(15-17(20)2)25-22(29)21-16-24-23(30)28(21)19-7-5-4-6-8-19/h4-10,15-16H,3,11-14H2,1-2H3,(H,24,30)(H,25,29). The number of aromatic nitrogens is 2. The van der Waals surface area contributed by atoms with Crippen molar-refractivity contribution in [2.45, 2.75) is 13.8 Å². The molecule has 2 aromatic carbocycles. The van der Waals surface area contributed by atoms with Gasteiger partial charge in [-0.25, -0.2) is 0 Å². The van der Waals surface area contributed by atoms with Crippen molar-refractivity contribution in [3.05, 3.63) is 70.8 Å². The van der Waals surface area contributed by atoms with Crippen LogP contribution >= 0.6 is 12.2 Å². The largest absolute Gasteiger partial charge is 0.369 e. The summed E-state index contributed by atoms with van der Waals surface area (Å²) in [4.78, 5) is 20.8. The van der Waals surface area contributed by atoms with Crippen LogP contribution in [0.15, 0.2) is 54.7 Å². The Bertz CT molecular complexity index is 1080. The molecule has 30 heavy (non-hydrogen) atoms. The molecular formula is C23H27N5OS. The maximum absolute atomic E-state index is 13.0. The third-order valence-corrected chi connectivity index (χ3v) is 5.94. The Labute approximate surface area is 182 Å². The number of likely N-dealkylation sites (N-methyl/N-ethyl adjacent to an activating group) is 1. The maximum Gasteiger partial charge on any atom is 0.274 e. The van der Waals surface area contributed by atoms with E-state index in [2.05, 4.69) is 40.0 Å². The van der Waals surface area contributed by atoms with Crippen LogP contribution < -0.4 is 10.2 Å². The SMILES string of the molecule is CCN1CCN(c2ccc(NC(=O)c3c[nH]c(=S)n3-c3ccccc3)cc2C)CC1. The molecule has 1 saturated heterocycles. The van der Waals surface area contributed by atoms with E-state index in [0.29, 0.717) is 10.5 Å². The molecule has 0 unspecified atom stereocenters. The molecule has 4 rings (SSSR count). The van der Waals surface area contributed by atoms with E-state index in [-0.39, 0.29) is 5.91 Å². The van der Waals surface area contributed by atoms with Crippen molar-refractivity contribution in [3.8, 4) is 5.69 Å². The van der Waals surface area contributed by atoms with Crippen LogP contribution in [0.5, 0.6) is 0 Å². The molecule has 1 aromatic heterocycles. The zero-order chi connectivity index (χ0) is 21.1. The first kappa shape index (κ1) is 20.4. The molecule has 7 heteroatoms. The second-order valence-electron chi connectivity index (χ2n) is 7.53. The fourth-order valence-corrected chi connectivity index (χ4v) is 4.22. The van der Waals surface area contributed by atoms with E-state index in [1.165, 1.54) is 5.69 Å². The number of benzene rings is 2. The Kier molecular flexibility index (Phi) is 6.01. The van der Waals surface area contributed by atoms with Crippen molar-refractivity contribution in [3.63, 3.8) is 0 Å². The third-order valence-electron chi connectivity index (χ3n) is 5.64. The Hall–Kier alpha value is -2.90. The smallest absolute Gasteiger partial charge is 0.274 e. The van der Waals surface area contributed by atoms with Crippen molar-refractivity contribution in [2.24, 2.45) is 0 Å². The average Bonchev–Trinajstić information content (AvgIpc) is 3.16. The number of carbonyl (C=O) groups is 1. The van der Waals surface area contributed by atoms with Gasteiger partial charge >= 0.3 is 0 Å². The lowest BCUT2D eigenvalue weighted by Gasteiger charge is -2.36. The summed E-state index contributed by atoms with van der Waals surface area (Å²) in [5.41, 5.74) is 4.50. The molecule has 156 valence electrons. The van der Waals surface area contributed by atoms with Gasteiger partial charge in [0.1, 0.15) is 5.69 Å². The molecule has 1 aliphatic rings. The summed E-state index contributed by atoms with van der Waals surface area (Å²) in [6.45, 7) is 9.64. The van der Waals surface area contributed by atoms with Crippen LogP contribution in [0, 0.1) is 11.7 Å². The van der Waals surface area contributed by atoms with E-state index in [1.54, 1.807) is 10.8 Å². The first-order valence-corrected chi connectivity index (χ1v) is 10.7. The van der Waals surface area contributed by atoms with Gasteiger partial charge in [-0.2, -0.15) is 0 Å². The summed E-state index contributed by atoms with van der Waals surface area (Å²) in [5, 5.41) is 3.02. The minimum atomic E-state index is -0.199. The Morgan fingerprint density at radius 2 is 1.83 bits per heavy atom. The van der Waals surface area contributed by atoms with Crippen LogP contribution in [0.25, 0.3) is 5.69 Å². The molecule has 1 amide bonds. The lowest BCUT2D eigenvalue weighted by molar-refractivity contribution is 0.102. The van der Waals surface area contributed by atoms with Crippen molar-refractivity contribution in [1.29, 1.82) is 0 Å². The lowest BCUT2D eigenvalue weighted by Crippen LogP contribution is -2.46. The van der Waals surface area contributed by atoms with Gasteiger partial charge < -0.3 is 20.1 Å². The molecule has 2 heterocycles. The van der Waals surface area contributed by atoms with Crippen LogP contribution in [0.2, 0.25) is 0 Å². The van der Waals surface area contributed by atoms with E-state index < -0.39 is 0 Å². The summed E-state index contributed by atoms with van der Waals surface area (Å²) in [5.74, 6) is -0.199. The fraction of sp³-hybridized carbons (Fsp3) is 0.304. The topological polar surface area (TPSA) is 56.3 Å². The number of piperazine rings is 1. The van der Waals surface area contributed by atoms with Gasteiger partial charge in [-0.15, -0.1) is 0 Å². The Balaban J connectivity index is 1.51. The first-order chi connectivity index (χ1) is 14.6. The van der Waals surface area contributed by atoms with Gasteiger partial charge in [0.2, 0.25) is 0 Å². The Morgan fingerprint density at radius 3 is 2.50 bits per heavy atom. The van der Waals surface area contributed by atoms with Crippen molar-refractivity contribution >= 4 is 29.5 Å². The number of rotatable bonds is 5. The van der Waals surface area contributed by atoms with E-state index >= 15 is 0 Å². The van der Waals surface area contributed by atoms with Crippen LogP contribution in [0.1, 0.15) is 23.0 Å². The highest BCUT2D eigenvalue weighted by Gasteiger charge is 2.18. The average molecular weight is 422 g/mol. The van der Waals surface area contributed by atoms with Gasteiger partial charge in [-0.3, -0.25) is 9.36 Å². The third kappa shape index (κ3) is 4.17. The van der Waals surface area contributed by atoms with Crippen molar-refractivity contribution in [1.82, 2.24) is 14.5 Å². The molecular weight excluding hydrogens is 394 g/mol. The van der Waals surface area contributed by atoms with Gasteiger partial charge in [-0.1, -0.05) is 25.1 Å². The summed E-state index contributed by atoms with van der Waals surface area (Å²) in [6.07, 6.45) is 1.65. The molecule has 0 bridgehead atoms. The quantitative estimate of drug-likeness (QED) is 0.605. The number of hydrogen-bond donors (Lipinski definition) is 2. The molecule has 0 spiro atoms. The van der Waals surface area contributed by atoms with E-state index in [0.717, 1.165) is 49.7 Å². The number of amides is 1. The monoisotopic (exact) mass is 421 g/mol. The number of nitrogens with zero attached hydrogens (tertiary/aromatic N) is 3. The van der Waals surface area contributed by atoms with Crippen molar-refractivity contribution in [2.75, 3.05) is 42.9 Å². The number of hydrogen-bond acceptors (Lipinski definition) is 4. The van der Waals surface area contributed by atoms with Crippen LogP contribution in [0.3, 0.4) is 0 Å².